The van der Waals surface area contributed by atoms with E-state index in [0.29, 0.717) is 5.56 Å². The molecule has 1 aliphatic carbocycles. The molecule has 1 saturated carbocycles. The Labute approximate surface area is 149 Å². The van der Waals surface area contributed by atoms with Gasteiger partial charge >= 0.3 is 0 Å². The zero-order valence-electron chi connectivity index (χ0n) is 14.9. The molecule has 3 N–H and O–H groups in total. The molecule has 0 bridgehead atoms. The molecule has 1 aliphatic rings. The van der Waals surface area contributed by atoms with E-state index in [4.69, 9.17) is 5.73 Å². The van der Waals surface area contributed by atoms with Gasteiger partial charge in [-0.2, -0.15) is 0 Å². The molecule has 0 radical (unpaired) electrons. The summed E-state index contributed by atoms with van der Waals surface area (Å²) in [4.78, 5) is 18.8. The van der Waals surface area contributed by atoms with Gasteiger partial charge in [0.2, 0.25) is 0 Å². The molecule has 2 aromatic rings. The van der Waals surface area contributed by atoms with Gasteiger partial charge in [-0.25, -0.2) is 0 Å². The molecule has 0 spiro atoms. The predicted octanol–water partition coefficient (Wildman–Crippen LogP) is 2.81. The molecule has 5 nitrogen and oxygen atoms in total. The van der Waals surface area contributed by atoms with E-state index in [1.807, 2.05) is 20.2 Å². The minimum absolute atomic E-state index is 0.0558. The van der Waals surface area contributed by atoms with E-state index in [1.54, 1.807) is 12.4 Å². The molecule has 25 heavy (non-hydrogen) atoms. The van der Waals surface area contributed by atoms with Crippen LogP contribution in [0.2, 0.25) is 0 Å². The standard InChI is InChI=1S/C20H26N4O/c1-24(2)19-9-3-14(4-10-19)15-11-16(13-22-12-15)20(25)23-18-7-5-17(21)6-8-18/h3-4,9-13,17-18H,5-8,21H2,1-2H3,(H,23,25). The Morgan fingerprint density at radius 1 is 1.08 bits per heavy atom. The molecular formula is C20H26N4O. The summed E-state index contributed by atoms with van der Waals surface area (Å²) >= 11 is 0. The molecule has 3 rings (SSSR count). The number of pyridine rings is 1. The van der Waals surface area contributed by atoms with E-state index < -0.39 is 0 Å². The molecule has 1 heterocycles. The first-order valence-corrected chi connectivity index (χ1v) is 8.82. The van der Waals surface area contributed by atoms with Crippen molar-refractivity contribution in [2.24, 2.45) is 5.73 Å². The van der Waals surface area contributed by atoms with E-state index in [-0.39, 0.29) is 18.0 Å². The third kappa shape index (κ3) is 4.37. The van der Waals surface area contributed by atoms with Crippen LogP contribution in [-0.4, -0.2) is 37.1 Å². The van der Waals surface area contributed by atoms with Crippen LogP contribution >= 0.6 is 0 Å². The topological polar surface area (TPSA) is 71.2 Å². The van der Waals surface area contributed by atoms with Crippen molar-refractivity contribution < 1.29 is 4.79 Å². The number of aromatic nitrogens is 1. The van der Waals surface area contributed by atoms with E-state index in [9.17, 15) is 4.79 Å². The predicted molar refractivity (Wildman–Crippen MR) is 102 cm³/mol. The number of anilines is 1. The zero-order valence-corrected chi connectivity index (χ0v) is 14.9. The summed E-state index contributed by atoms with van der Waals surface area (Å²) < 4.78 is 0. The number of hydrogen-bond acceptors (Lipinski definition) is 4. The van der Waals surface area contributed by atoms with Gasteiger partial charge in [-0.05, 0) is 49.4 Å². The second kappa shape index (κ2) is 7.66. The number of nitrogens with zero attached hydrogens (tertiary/aromatic N) is 2. The first kappa shape index (κ1) is 17.4. The quantitative estimate of drug-likeness (QED) is 0.899. The van der Waals surface area contributed by atoms with Crippen molar-refractivity contribution >= 4 is 11.6 Å². The summed E-state index contributed by atoms with van der Waals surface area (Å²) in [6.45, 7) is 0. The SMILES string of the molecule is CN(C)c1ccc(-c2cncc(C(=O)NC3CCC(N)CC3)c2)cc1. The Kier molecular flexibility index (Phi) is 5.34. The number of carbonyl (C=O) groups excluding carboxylic acids is 1. The highest BCUT2D eigenvalue weighted by Gasteiger charge is 2.20. The van der Waals surface area contributed by atoms with Gasteiger partial charge in [0.15, 0.2) is 0 Å². The highest BCUT2D eigenvalue weighted by Crippen LogP contribution is 2.23. The largest absolute Gasteiger partial charge is 0.378 e. The average molecular weight is 338 g/mol. The normalized spacial score (nSPS) is 20.1. The van der Waals surface area contributed by atoms with E-state index in [1.165, 1.54) is 0 Å². The maximum atomic E-state index is 12.5. The molecule has 5 heteroatoms. The maximum absolute atomic E-state index is 12.5. The van der Waals surface area contributed by atoms with Gasteiger partial charge < -0.3 is 16.0 Å². The molecule has 0 atom stereocenters. The number of benzene rings is 1. The number of hydrogen-bond donors (Lipinski definition) is 2. The Hall–Kier alpha value is -2.40. The fraction of sp³-hybridized carbons (Fsp3) is 0.400. The van der Waals surface area contributed by atoms with Gasteiger partial charge in [0.1, 0.15) is 0 Å². The monoisotopic (exact) mass is 338 g/mol. The smallest absolute Gasteiger partial charge is 0.253 e. The third-order valence-corrected chi connectivity index (χ3v) is 4.82. The second-order valence-electron chi connectivity index (χ2n) is 6.99. The van der Waals surface area contributed by atoms with Gasteiger partial charge in [-0.1, -0.05) is 12.1 Å². The zero-order chi connectivity index (χ0) is 17.8. The lowest BCUT2D eigenvalue weighted by Gasteiger charge is -2.26. The summed E-state index contributed by atoms with van der Waals surface area (Å²) in [7, 11) is 4.03. The van der Waals surface area contributed by atoms with Crippen LogP contribution in [0.3, 0.4) is 0 Å². The van der Waals surface area contributed by atoms with Crippen LogP contribution in [0.25, 0.3) is 11.1 Å². The lowest BCUT2D eigenvalue weighted by Crippen LogP contribution is -2.40. The molecule has 1 amide bonds. The maximum Gasteiger partial charge on any atom is 0.253 e. The van der Waals surface area contributed by atoms with Gasteiger partial charge in [-0.3, -0.25) is 9.78 Å². The molecule has 0 aliphatic heterocycles. The van der Waals surface area contributed by atoms with Crippen LogP contribution in [-0.2, 0) is 0 Å². The minimum atomic E-state index is -0.0558. The van der Waals surface area contributed by atoms with Gasteiger partial charge in [0, 0.05) is 49.8 Å². The van der Waals surface area contributed by atoms with Gasteiger partial charge in [0.25, 0.3) is 5.91 Å². The number of amides is 1. The number of nitrogens with one attached hydrogen (secondary N) is 1. The van der Waals surface area contributed by atoms with Crippen molar-refractivity contribution in [3.05, 3.63) is 48.3 Å². The van der Waals surface area contributed by atoms with Crippen LogP contribution in [0.4, 0.5) is 5.69 Å². The third-order valence-electron chi connectivity index (χ3n) is 4.82. The van der Waals surface area contributed by atoms with Crippen molar-refractivity contribution in [1.82, 2.24) is 10.3 Å². The molecule has 0 unspecified atom stereocenters. The van der Waals surface area contributed by atoms with Crippen molar-refractivity contribution in [1.29, 1.82) is 0 Å². The minimum Gasteiger partial charge on any atom is -0.378 e. The molecule has 0 saturated heterocycles. The summed E-state index contributed by atoms with van der Waals surface area (Å²) in [5.41, 5.74) is 9.67. The Balaban J connectivity index is 1.71. The van der Waals surface area contributed by atoms with Crippen LogP contribution in [0.5, 0.6) is 0 Å². The van der Waals surface area contributed by atoms with Crippen molar-refractivity contribution in [3.63, 3.8) is 0 Å². The fourth-order valence-electron chi connectivity index (χ4n) is 3.21. The lowest BCUT2D eigenvalue weighted by molar-refractivity contribution is 0.0925. The van der Waals surface area contributed by atoms with Crippen LogP contribution in [0.15, 0.2) is 42.7 Å². The first-order chi connectivity index (χ1) is 12.0. The van der Waals surface area contributed by atoms with Gasteiger partial charge in [0.05, 0.1) is 5.56 Å². The molecule has 1 fully saturated rings. The summed E-state index contributed by atoms with van der Waals surface area (Å²) in [6.07, 6.45) is 7.27. The van der Waals surface area contributed by atoms with Crippen LogP contribution < -0.4 is 16.0 Å². The second-order valence-corrected chi connectivity index (χ2v) is 6.99. The molecule has 132 valence electrons. The number of carbonyl (C=O) groups is 1. The first-order valence-electron chi connectivity index (χ1n) is 8.82. The summed E-state index contributed by atoms with van der Waals surface area (Å²) in [6, 6.07) is 10.6. The highest BCUT2D eigenvalue weighted by atomic mass is 16.1. The molecular weight excluding hydrogens is 312 g/mol. The van der Waals surface area contributed by atoms with Gasteiger partial charge in [-0.15, -0.1) is 0 Å². The highest BCUT2D eigenvalue weighted by molar-refractivity contribution is 5.95. The van der Waals surface area contributed by atoms with E-state index in [0.717, 1.165) is 42.5 Å². The van der Waals surface area contributed by atoms with E-state index >= 15 is 0 Å². The van der Waals surface area contributed by atoms with Crippen molar-refractivity contribution in [2.75, 3.05) is 19.0 Å². The number of rotatable bonds is 4. The Morgan fingerprint density at radius 3 is 2.40 bits per heavy atom. The van der Waals surface area contributed by atoms with Crippen molar-refractivity contribution in [3.8, 4) is 11.1 Å². The average Bonchev–Trinajstić information content (AvgIpc) is 2.64. The van der Waals surface area contributed by atoms with Crippen molar-refractivity contribution in [2.45, 2.75) is 37.8 Å². The lowest BCUT2D eigenvalue weighted by atomic mass is 9.91. The fourth-order valence-corrected chi connectivity index (χ4v) is 3.21. The van der Waals surface area contributed by atoms with Crippen LogP contribution in [0.1, 0.15) is 36.0 Å². The Bertz CT molecular complexity index is 719. The Morgan fingerprint density at radius 2 is 1.76 bits per heavy atom. The molecule has 1 aromatic carbocycles. The number of nitrogens with two attached hydrogens (primary N) is 1. The summed E-state index contributed by atoms with van der Waals surface area (Å²) in [5.74, 6) is -0.0558. The van der Waals surface area contributed by atoms with E-state index in [2.05, 4.69) is 39.5 Å². The van der Waals surface area contributed by atoms with Crippen LogP contribution in [0, 0.1) is 0 Å². The summed E-state index contributed by atoms with van der Waals surface area (Å²) in [5, 5.41) is 3.12. The molecule has 1 aromatic heterocycles.